The zero-order valence-corrected chi connectivity index (χ0v) is 12.3. The standard InChI is InChI=1S/C13H18N2O4S/c1-10-9-14(11(10)2)7-8-20(18,19)13-5-3-12(4-6-13)15(16)17/h3-6,10-11H,7-9H2,1-2H3. The Morgan fingerprint density at radius 2 is 1.90 bits per heavy atom. The van der Waals surface area contributed by atoms with Gasteiger partial charge in [-0.3, -0.25) is 15.0 Å². The van der Waals surface area contributed by atoms with Crippen LogP contribution in [0.1, 0.15) is 13.8 Å². The molecule has 0 N–H and O–H groups in total. The van der Waals surface area contributed by atoms with E-state index < -0.39 is 14.8 Å². The molecule has 1 aliphatic rings. The maximum atomic E-state index is 12.1. The van der Waals surface area contributed by atoms with Crippen molar-refractivity contribution in [3.05, 3.63) is 34.4 Å². The quantitative estimate of drug-likeness (QED) is 0.610. The van der Waals surface area contributed by atoms with Crippen molar-refractivity contribution < 1.29 is 13.3 Å². The normalized spacial score (nSPS) is 23.3. The van der Waals surface area contributed by atoms with Crippen LogP contribution in [0, 0.1) is 16.0 Å². The predicted octanol–water partition coefficient (Wildman–Crippen LogP) is 1.71. The molecule has 7 heteroatoms. The smallest absolute Gasteiger partial charge is 0.269 e. The summed E-state index contributed by atoms with van der Waals surface area (Å²) in [5.41, 5.74) is -0.103. The Balaban J connectivity index is 2.01. The number of nitro groups is 1. The molecule has 2 atom stereocenters. The van der Waals surface area contributed by atoms with E-state index >= 15 is 0 Å². The van der Waals surface area contributed by atoms with E-state index in [-0.39, 0.29) is 16.3 Å². The molecule has 20 heavy (non-hydrogen) atoms. The second kappa shape index (κ2) is 5.49. The van der Waals surface area contributed by atoms with Crippen LogP contribution >= 0.6 is 0 Å². The molecule has 0 bridgehead atoms. The van der Waals surface area contributed by atoms with Crippen molar-refractivity contribution in [1.82, 2.24) is 4.90 Å². The molecule has 0 saturated carbocycles. The van der Waals surface area contributed by atoms with Crippen LogP contribution in [0.25, 0.3) is 0 Å². The molecule has 0 amide bonds. The van der Waals surface area contributed by atoms with Crippen molar-refractivity contribution in [2.24, 2.45) is 5.92 Å². The van der Waals surface area contributed by atoms with Crippen molar-refractivity contribution in [3.8, 4) is 0 Å². The molecule has 1 heterocycles. The Morgan fingerprint density at radius 3 is 2.35 bits per heavy atom. The zero-order valence-electron chi connectivity index (χ0n) is 11.5. The van der Waals surface area contributed by atoms with Crippen LogP contribution in [-0.4, -0.2) is 43.1 Å². The number of benzene rings is 1. The highest BCUT2D eigenvalue weighted by molar-refractivity contribution is 7.91. The highest BCUT2D eigenvalue weighted by Gasteiger charge is 2.32. The summed E-state index contributed by atoms with van der Waals surface area (Å²) in [7, 11) is -3.38. The Hall–Kier alpha value is -1.47. The third-order valence-corrected chi connectivity index (χ3v) is 5.69. The Kier molecular flexibility index (Phi) is 4.10. The molecule has 0 spiro atoms. The van der Waals surface area contributed by atoms with Crippen molar-refractivity contribution in [1.29, 1.82) is 0 Å². The molecule has 2 unspecified atom stereocenters. The van der Waals surface area contributed by atoms with Gasteiger partial charge in [-0.1, -0.05) is 6.92 Å². The first-order valence-corrected chi connectivity index (χ1v) is 8.18. The van der Waals surface area contributed by atoms with E-state index in [1.54, 1.807) is 0 Å². The van der Waals surface area contributed by atoms with Gasteiger partial charge in [-0.2, -0.15) is 0 Å². The fourth-order valence-corrected chi connectivity index (χ4v) is 3.60. The SMILES string of the molecule is CC1CN(CCS(=O)(=O)c2ccc([N+](=O)[O-])cc2)C1C. The molecule has 0 radical (unpaired) electrons. The monoisotopic (exact) mass is 298 g/mol. The lowest BCUT2D eigenvalue weighted by Gasteiger charge is -2.44. The third-order valence-electron chi connectivity index (χ3n) is 3.98. The van der Waals surface area contributed by atoms with Gasteiger partial charge in [-0.05, 0) is 25.0 Å². The van der Waals surface area contributed by atoms with Crippen molar-refractivity contribution in [3.63, 3.8) is 0 Å². The van der Waals surface area contributed by atoms with Gasteiger partial charge in [0.1, 0.15) is 0 Å². The lowest BCUT2D eigenvalue weighted by atomic mass is 9.92. The van der Waals surface area contributed by atoms with Gasteiger partial charge in [0.05, 0.1) is 15.6 Å². The summed E-state index contributed by atoms with van der Waals surface area (Å²) in [5.74, 6) is 0.652. The first-order chi connectivity index (χ1) is 9.31. The van der Waals surface area contributed by atoms with Gasteiger partial charge in [0, 0.05) is 31.3 Å². The number of sulfone groups is 1. The average molecular weight is 298 g/mol. The Bertz CT molecular complexity index is 597. The van der Waals surface area contributed by atoms with Crippen LogP contribution in [0.5, 0.6) is 0 Å². The van der Waals surface area contributed by atoms with E-state index in [2.05, 4.69) is 18.7 Å². The molecule has 0 aromatic heterocycles. The van der Waals surface area contributed by atoms with Crippen molar-refractivity contribution in [2.75, 3.05) is 18.8 Å². The summed E-state index contributed by atoms with van der Waals surface area (Å²) in [6.07, 6.45) is 0. The number of nitro benzene ring substituents is 1. The van der Waals surface area contributed by atoms with E-state index in [4.69, 9.17) is 0 Å². The molecule has 1 aromatic carbocycles. The van der Waals surface area contributed by atoms with Crippen molar-refractivity contribution in [2.45, 2.75) is 24.8 Å². The molecule has 110 valence electrons. The lowest BCUT2D eigenvalue weighted by molar-refractivity contribution is -0.384. The number of likely N-dealkylation sites (tertiary alicyclic amines) is 1. The maximum Gasteiger partial charge on any atom is 0.269 e. The third kappa shape index (κ3) is 2.99. The molecule has 0 aliphatic carbocycles. The minimum Gasteiger partial charge on any atom is -0.299 e. The molecule has 1 aromatic rings. The van der Waals surface area contributed by atoms with Gasteiger partial charge in [0.15, 0.2) is 9.84 Å². The molecular weight excluding hydrogens is 280 g/mol. The fourth-order valence-electron chi connectivity index (χ4n) is 2.34. The molecule has 2 rings (SSSR count). The summed E-state index contributed by atoms with van der Waals surface area (Å²) in [4.78, 5) is 12.3. The van der Waals surface area contributed by atoms with Crippen LogP contribution < -0.4 is 0 Å². The van der Waals surface area contributed by atoms with Gasteiger partial charge >= 0.3 is 0 Å². The van der Waals surface area contributed by atoms with E-state index in [1.807, 2.05) is 0 Å². The highest BCUT2D eigenvalue weighted by Crippen LogP contribution is 2.24. The Labute approximate surface area is 118 Å². The van der Waals surface area contributed by atoms with E-state index in [9.17, 15) is 18.5 Å². The van der Waals surface area contributed by atoms with Gasteiger partial charge in [0.25, 0.3) is 5.69 Å². The van der Waals surface area contributed by atoms with Crippen LogP contribution in [0.4, 0.5) is 5.69 Å². The topological polar surface area (TPSA) is 80.5 Å². The van der Waals surface area contributed by atoms with E-state index in [1.165, 1.54) is 24.3 Å². The summed E-state index contributed by atoms with van der Waals surface area (Å²) < 4.78 is 24.3. The number of hydrogen-bond acceptors (Lipinski definition) is 5. The summed E-state index contributed by atoms with van der Waals surface area (Å²) in [6.45, 7) is 5.67. The summed E-state index contributed by atoms with van der Waals surface area (Å²) >= 11 is 0. The highest BCUT2D eigenvalue weighted by atomic mass is 32.2. The second-order valence-corrected chi connectivity index (χ2v) is 7.39. The first-order valence-electron chi connectivity index (χ1n) is 6.52. The number of nitrogens with zero attached hydrogens (tertiary/aromatic N) is 2. The Morgan fingerprint density at radius 1 is 1.30 bits per heavy atom. The summed E-state index contributed by atoms with van der Waals surface area (Å²) in [5, 5.41) is 10.5. The summed E-state index contributed by atoms with van der Waals surface area (Å²) in [6, 6.07) is 5.47. The maximum absolute atomic E-state index is 12.1. The van der Waals surface area contributed by atoms with E-state index in [0.717, 1.165) is 6.54 Å². The number of non-ortho nitro benzene ring substituents is 1. The minimum atomic E-state index is -3.38. The average Bonchev–Trinajstić information content (AvgIpc) is 2.43. The molecular formula is C13H18N2O4S. The molecule has 1 saturated heterocycles. The first kappa shape index (κ1) is 14.9. The minimum absolute atomic E-state index is 0.0435. The van der Waals surface area contributed by atoms with Crippen LogP contribution in [0.3, 0.4) is 0 Å². The van der Waals surface area contributed by atoms with Gasteiger partial charge in [-0.15, -0.1) is 0 Å². The second-order valence-electron chi connectivity index (χ2n) is 5.28. The molecule has 1 aliphatic heterocycles. The van der Waals surface area contributed by atoms with E-state index in [0.29, 0.717) is 18.5 Å². The predicted molar refractivity (Wildman–Crippen MR) is 75.3 cm³/mol. The van der Waals surface area contributed by atoms with Gasteiger partial charge in [0.2, 0.25) is 0 Å². The fraction of sp³-hybridized carbons (Fsp3) is 0.538. The van der Waals surface area contributed by atoms with Crippen LogP contribution in [0.15, 0.2) is 29.2 Å². The van der Waals surface area contributed by atoms with Gasteiger partial charge < -0.3 is 0 Å². The van der Waals surface area contributed by atoms with Crippen LogP contribution in [0.2, 0.25) is 0 Å². The number of rotatable bonds is 5. The largest absolute Gasteiger partial charge is 0.299 e. The zero-order chi connectivity index (χ0) is 14.9. The number of hydrogen-bond donors (Lipinski definition) is 0. The van der Waals surface area contributed by atoms with Crippen molar-refractivity contribution >= 4 is 15.5 Å². The molecule has 1 fully saturated rings. The molecule has 6 nitrogen and oxygen atoms in total. The lowest BCUT2D eigenvalue weighted by Crippen LogP contribution is -2.54. The van der Waals surface area contributed by atoms with Gasteiger partial charge in [-0.25, -0.2) is 8.42 Å². The van der Waals surface area contributed by atoms with Crippen LogP contribution in [-0.2, 0) is 9.84 Å².